The normalized spacial score (nSPS) is 14.3. The van der Waals surface area contributed by atoms with E-state index in [0.29, 0.717) is 0 Å². The Morgan fingerprint density at radius 2 is 0.923 bits per heavy atom. The van der Waals surface area contributed by atoms with Gasteiger partial charge in [0.05, 0.1) is 0 Å². The zero-order chi connectivity index (χ0) is 10.9. The van der Waals surface area contributed by atoms with E-state index in [1.807, 2.05) is 0 Å². The van der Waals surface area contributed by atoms with Crippen LogP contribution in [0.3, 0.4) is 0 Å². The molecule has 2 nitrogen and oxygen atoms in total. The van der Waals surface area contributed by atoms with E-state index in [1.54, 1.807) is 0 Å². The predicted molar refractivity (Wildman–Crippen MR) is 60.1 cm³/mol. The van der Waals surface area contributed by atoms with Crippen LogP contribution in [-0.4, -0.2) is 49.1 Å². The van der Waals surface area contributed by atoms with Crippen molar-refractivity contribution >= 4 is 0 Å². The van der Waals surface area contributed by atoms with Crippen LogP contribution in [0.25, 0.3) is 0 Å². The molecule has 0 saturated heterocycles. The second-order valence-corrected chi connectivity index (χ2v) is 5.59. The van der Waals surface area contributed by atoms with Gasteiger partial charge in [-0.2, -0.15) is 0 Å². The topological polar surface area (TPSA) is 6.48 Å². The molecule has 0 aliphatic rings. The van der Waals surface area contributed by atoms with Crippen molar-refractivity contribution in [3.05, 3.63) is 0 Å². The SMILES string of the molecule is CN(C)C(C)(C)CC(C)(C)N(C)C. The van der Waals surface area contributed by atoms with E-state index in [9.17, 15) is 0 Å². The molecule has 2 heteroatoms. The Labute approximate surface area is 83.9 Å². The van der Waals surface area contributed by atoms with Gasteiger partial charge in [-0.05, 0) is 62.3 Å². The fourth-order valence-electron chi connectivity index (χ4n) is 1.37. The number of hydrogen-bond donors (Lipinski definition) is 0. The molecule has 0 N–H and O–H groups in total. The van der Waals surface area contributed by atoms with Gasteiger partial charge in [0.2, 0.25) is 0 Å². The van der Waals surface area contributed by atoms with Crippen LogP contribution in [0.1, 0.15) is 34.1 Å². The van der Waals surface area contributed by atoms with Crippen molar-refractivity contribution in [2.45, 2.75) is 45.2 Å². The summed E-state index contributed by atoms with van der Waals surface area (Å²) in [6.45, 7) is 9.16. The summed E-state index contributed by atoms with van der Waals surface area (Å²) in [7, 11) is 8.58. The first kappa shape index (κ1) is 12.9. The zero-order valence-corrected chi connectivity index (χ0v) is 10.6. The summed E-state index contributed by atoms with van der Waals surface area (Å²) in [6.07, 6.45) is 1.17. The van der Waals surface area contributed by atoms with E-state index in [-0.39, 0.29) is 11.1 Å². The van der Waals surface area contributed by atoms with Gasteiger partial charge in [0.15, 0.2) is 0 Å². The van der Waals surface area contributed by atoms with Crippen LogP contribution in [0, 0.1) is 0 Å². The number of rotatable bonds is 4. The predicted octanol–water partition coefficient (Wildman–Crippen LogP) is 2.06. The summed E-state index contributed by atoms with van der Waals surface area (Å²) in [5, 5.41) is 0. The van der Waals surface area contributed by atoms with Gasteiger partial charge in [-0.25, -0.2) is 0 Å². The monoisotopic (exact) mass is 186 g/mol. The van der Waals surface area contributed by atoms with E-state index in [0.717, 1.165) is 0 Å². The fourth-order valence-corrected chi connectivity index (χ4v) is 1.37. The first-order chi connectivity index (χ1) is 5.59. The highest BCUT2D eigenvalue weighted by molar-refractivity contribution is 4.89. The minimum absolute atomic E-state index is 0.258. The van der Waals surface area contributed by atoms with Crippen molar-refractivity contribution in [3.8, 4) is 0 Å². The van der Waals surface area contributed by atoms with Crippen LogP contribution in [0.15, 0.2) is 0 Å². The second kappa shape index (κ2) is 3.97. The Morgan fingerprint density at radius 1 is 0.692 bits per heavy atom. The minimum Gasteiger partial charge on any atom is -0.304 e. The summed E-state index contributed by atoms with van der Waals surface area (Å²) < 4.78 is 0. The zero-order valence-electron chi connectivity index (χ0n) is 10.6. The van der Waals surface area contributed by atoms with Gasteiger partial charge in [0.1, 0.15) is 0 Å². The Balaban J connectivity index is 4.42. The Kier molecular flexibility index (Phi) is 3.95. The van der Waals surface area contributed by atoms with Gasteiger partial charge in [0, 0.05) is 11.1 Å². The highest BCUT2D eigenvalue weighted by Crippen LogP contribution is 2.26. The summed E-state index contributed by atoms with van der Waals surface area (Å²) >= 11 is 0. The van der Waals surface area contributed by atoms with Crippen molar-refractivity contribution < 1.29 is 0 Å². The first-order valence-corrected chi connectivity index (χ1v) is 4.94. The maximum absolute atomic E-state index is 2.29. The smallest absolute Gasteiger partial charge is 0.0164 e. The molecule has 13 heavy (non-hydrogen) atoms. The van der Waals surface area contributed by atoms with Crippen LogP contribution in [-0.2, 0) is 0 Å². The average molecular weight is 186 g/mol. The van der Waals surface area contributed by atoms with Gasteiger partial charge in [-0.1, -0.05) is 0 Å². The molecule has 0 fully saturated rings. The van der Waals surface area contributed by atoms with Gasteiger partial charge in [-0.15, -0.1) is 0 Å². The maximum atomic E-state index is 2.29. The van der Waals surface area contributed by atoms with E-state index < -0.39 is 0 Å². The number of nitrogens with zero attached hydrogens (tertiary/aromatic N) is 2. The molecule has 0 rings (SSSR count). The Bertz CT molecular complexity index is 139. The summed E-state index contributed by atoms with van der Waals surface area (Å²) in [6, 6.07) is 0. The fraction of sp³-hybridized carbons (Fsp3) is 1.00. The third-order valence-electron chi connectivity index (χ3n) is 3.29. The second-order valence-electron chi connectivity index (χ2n) is 5.59. The van der Waals surface area contributed by atoms with E-state index >= 15 is 0 Å². The minimum atomic E-state index is 0.258. The van der Waals surface area contributed by atoms with E-state index in [2.05, 4.69) is 65.7 Å². The van der Waals surface area contributed by atoms with Crippen LogP contribution in [0.4, 0.5) is 0 Å². The molecule has 0 aliphatic heterocycles. The van der Waals surface area contributed by atoms with Gasteiger partial charge in [-0.3, -0.25) is 0 Å². The van der Waals surface area contributed by atoms with Gasteiger partial charge in [0.25, 0.3) is 0 Å². The lowest BCUT2D eigenvalue weighted by Gasteiger charge is -2.43. The van der Waals surface area contributed by atoms with E-state index in [1.165, 1.54) is 6.42 Å². The van der Waals surface area contributed by atoms with Crippen molar-refractivity contribution in [2.75, 3.05) is 28.2 Å². The molecule has 0 saturated carbocycles. The van der Waals surface area contributed by atoms with E-state index in [4.69, 9.17) is 0 Å². The molecule has 0 amide bonds. The molecule has 0 spiro atoms. The summed E-state index contributed by atoms with van der Waals surface area (Å²) in [5.41, 5.74) is 0.515. The molecule has 0 aromatic rings. The molecule has 0 bridgehead atoms. The van der Waals surface area contributed by atoms with Crippen molar-refractivity contribution in [1.82, 2.24) is 9.80 Å². The molecular weight excluding hydrogens is 160 g/mol. The van der Waals surface area contributed by atoms with Crippen LogP contribution in [0.2, 0.25) is 0 Å². The molecule has 0 heterocycles. The molecule has 0 atom stereocenters. The van der Waals surface area contributed by atoms with Gasteiger partial charge >= 0.3 is 0 Å². The molecule has 80 valence electrons. The molecule has 0 radical (unpaired) electrons. The third-order valence-corrected chi connectivity index (χ3v) is 3.29. The number of hydrogen-bond acceptors (Lipinski definition) is 2. The van der Waals surface area contributed by atoms with Crippen molar-refractivity contribution in [2.24, 2.45) is 0 Å². The van der Waals surface area contributed by atoms with Crippen molar-refractivity contribution in [3.63, 3.8) is 0 Å². The van der Waals surface area contributed by atoms with Crippen LogP contribution < -0.4 is 0 Å². The Hall–Kier alpha value is -0.0800. The summed E-state index contributed by atoms with van der Waals surface area (Å²) in [5.74, 6) is 0. The molecular formula is C11H26N2. The largest absolute Gasteiger partial charge is 0.304 e. The highest BCUT2D eigenvalue weighted by Gasteiger charge is 2.31. The lowest BCUT2D eigenvalue weighted by Crippen LogP contribution is -2.49. The first-order valence-electron chi connectivity index (χ1n) is 4.94. The Morgan fingerprint density at radius 3 is 1.08 bits per heavy atom. The van der Waals surface area contributed by atoms with Gasteiger partial charge < -0.3 is 9.80 Å². The molecule has 0 aromatic carbocycles. The van der Waals surface area contributed by atoms with Crippen molar-refractivity contribution in [1.29, 1.82) is 0 Å². The molecule has 0 aromatic heterocycles. The quantitative estimate of drug-likeness (QED) is 0.663. The molecule has 0 unspecified atom stereocenters. The van der Waals surface area contributed by atoms with Crippen LogP contribution >= 0.6 is 0 Å². The van der Waals surface area contributed by atoms with Crippen LogP contribution in [0.5, 0.6) is 0 Å². The standard InChI is InChI=1S/C11H26N2/c1-10(2,12(5)6)9-11(3,4)13(7)8/h9H2,1-8H3. The highest BCUT2D eigenvalue weighted by atomic mass is 15.2. The maximum Gasteiger partial charge on any atom is 0.0164 e. The third kappa shape index (κ3) is 3.65. The lowest BCUT2D eigenvalue weighted by atomic mass is 9.85. The molecule has 0 aliphatic carbocycles. The lowest BCUT2D eigenvalue weighted by molar-refractivity contribution is 0.0851. The summed E-state index contributed by atoms with van der Waals surface area (Å²) in [4.78, 5) is 4.58. The average Bonchev–Trinajstić information content (AvgIpc) is 1.83.